The molecule has 0 spiro atoms. The molecule has 3 nitrogen and oxygen atoms in total. The van der Waals surface area contributed by atoms with E-state index in [9.17, 15) is 0 Å². The molecule has 0 radical (unpaired) electrons. The van der Waals surface area contributed by atoms with E-state index in [1.165, 1.54) is 24.9 Å². The zero-order valence-corrected chi connectivity index (χ0v) is 9.27. The summed E-state index contributed by atoms with van der Waals surface area (Å²) in [5.41, 5.74) is 1.37. The summed E-state index contributed by atoms with van der Waals surface area (Å²) in [5.74, 6) is 0. The van der Waals surface area contributed by atoms with Gasteiger partial charge >= 0.3 is 0 Å². The average molecular weight is 193 g/mol. The van der Waals surface area contributed by atoms with Gasteiger partial charge in [0.25, 0.3) is 0 Å². The second-order valence-electron chi connectivity index (χ2n) is 4.44. The van der Waals surface area contributed by atoms with Crippen LogP contribution in [0.15, 0.2) is 12.4 Å². The molecule has 1 aliphatic rings. The third-order valence-electron chi connectivity index (χ3n) is 3.07. The second kappa shape index (κ2) is 3.73. The third-order valence-corrected chi connectivity index (χ3v) is 3.07. The number of rotatable bonds is 2. The summed E-state index contributed by atoms with van der Waals surface area (Å²) in [4.78, 5) is 2.57. The summed E-state index contributed by atoms with van der Waals surface area (Å²) < 4.78 is 1.90. The Morgan fingerprint density at radius 2 is 2.29 bits per heavy atom. The van der Waals surface area contributed by atoms with Crippen molar-refractivity contribution in [3.8, 4) is 0 Å². The van der Waals surface area contributed by atoms with E-state index in [-0.39, 0.29) is 0 Å². The molecule has 2 heterocycles. The van der Waals surface area contributed by atoms with Gasteiger partial charge in [-0.1, -0.05) is 0 Å². The minimum absolute atomic E-state index is 0.601. The van der Waals surface area contributed by atoms with Gasteiger partial charge in [0.1, 0.15) is 0 Å². The predicted molar refractivity (Wildman–Crippen MR) is 57.0 cm³/mol. The lowest BCUT2D eigenvalue weighted by atomic mass is 10.1. The fraction of sp³-hybridized carbons (Fsp3) is 0.727. The van der Waals surface area contributed by atoms with Gasteiger partial charge in [-0.2, -0.15) is 5.10 Å². The lowest BCUT2D eigenvalue weighted by Gasteiger charge is -2.27. The van der Waals surface area contributed by atoms with Crippen molar-refractivity contribution in [1.29, 1.82) is 0 Å². The third kappa shape index (κ3) is 1.69. The van der Waals surface area contributed by atoms with E-state index >= 15 is 0 Å². The van der Waals surface area contributed by atoms with Gasteiger partial charge in [0, 0.05) is 30.9 Å². The zero-order chi connectivity index (χ0) is 10.1. The highest BCUT2D eigenvalue weighted by Gasteiger charge is 2.28. The van der Waals surface area contributed by atoms with E-state index in [1.54, 1.807) is 0 Å². The molecular weight excluding hydrogens is 174 g/mol. The molecule has 0 bridgehead atoms. The molecule has 0 amide bonds. The number of likely N-dealkylation sites (tertiary alicyclic amines) is 1. The Hall–Kier alpha value is -0.830. The Kier molecular flexibility index (Phi) is 2.59. The van der Waals surface area contributed by atoms with Crippen molar-refractivity contribution in [3.63, 3.8) is 0 Å². The number of hydrogen-bond acceptors (Lipinski definition) is 2. The van der Waals surface area contributed by atoms with Crippen molar-refractivity contribution < 1.29 is 0 Å². The summed E-state index contributed by atoms with van der Waals surface area (Å²) in [6, 6.07) is 1.24. The molecular formula is C11H19N3. The van der Waals surface area contributed by atoms with Crippen LogP contribution in [0, 0.1) is 0 Å². The van der Waals surface area contributed by atoms with Crippen LogP contribution in [0.1, 0.15) is 38.3 Å². The van der Waals surface area contributed by atoms with E-state index in [0.29, 0.717) is 12.1 Å². The second-order valence-corrected chi connectivity index (χ2v) is 4.44. The standard InChI is InChI=1S/C11H19N3/c1-9(2)14-6-4-5-11(14)10-7-12-13(3)8-10/h7-9,11H,4-6H2,1-3H3. The first-order valence-electron chi connectivity index (χ1n) is 5.43. The Morgan fingerprint density at radius 1 is 1.50 bits per heavy atom. The zero-order valence-electron chi connectivity index (χ0n) is 9.27. The molecule has 0 N–H and O–H groups in total. The van der Waals surface area contributed by atoms with Crippen LogP contribution in [0.2, 0.25) is 0 Å². The van der Waals surface area contributed by atoms with E-state index in [2.05, 4.69) is 30.0 Å². The van der Waals surface area contributed by atoms with E-state index in [0.717, 1.165) is 0 Å². The summed E-state index contributed by atoms with van der Waals surface area (Å²) >= 11 is 0. The van der Waals surface area contributed by atoms with Crippen molar-refractivity contribution in [2.75, 3.05) is 6.54 Å². The maximum Gasteiger partial charge on any atom is 0.0537 e. The molecule has 78 valence electrons. The van der Waals surface area contributed by atoms with Crippen LogP contribution in [0.4, 0.5) is 0 Å². The number of aromatic nitrogens is 2. The summed E-state index contributed by atoms with van der Waals surface area (Å²) in [6.45, 7) is 5.78. The highest BCUT2D eigenvalue weighted by molar-refractivity contribution is 5.12. The number of hydrogen-bond donors (Lipinski definition) is 0. The highest BCUT2D eigenvalue weighted by atomic mass is 15.3. The Bertz CT molecular complexity index is 303. The van der Waals surface area contributed by atoms with Gasteiger partial charge in [-0.15, -0.1) is 0 Å². The fourth-order valence-electron chi connectivity index (χ4n) is 2.38. The number of aryl methyl sites for hydroxylation is 1. The van der Waals surface area contributed by atoms with Gasteiger partial charge in [0.15, 0.2) is 0 Å². The van der Waals surface area contributed by atoms with Gasteiger partial charge in [-0.25, -0.2) is 0 Å². The minimum atomic E-state index is 0.601. The molecule has 3 heteroatoms. The molecule has 1 fully saturated rings. The number of nitrogens with zero attached hydrogens (tertiary/aromatic N) is 3. The van der Waals surface area contributed by atoms with E-state index in [4.69, 9.17) is 0 Å². The first-order valence-corrected chi connectivity index (χ1v) is 5.43. The first kappa shape index (κ1) is 9.71. The summed E-state index contributed by atoms with van der Waals surface area (Å²) in [6.07, 6.45) is 6.75. The van der Waals surface area contributed by atoms with Crippen molar-refractivity contribution in [2.45, 2.75) is 38.8 Å². The molecule has 1 aromatic rings. The lowest BCUT2D eigenvalue weighted by Crippen LogP contribution is -2.30. The van der Waals surface area contributed by atoms with Crippen molar-refractivity contribution in [2.24, 2.45) is 7.05 Å². The average Bonchev–Trinajstić information content (AvgIpc) is 2.70. The van der Waals surface area contributed by atoms with E-state index in [1.807, 2.05) is 17.9 Å². The highest BCUT2D eigenvalue weighted by Crippen LogP contribution is 2.32. The SMILES string of the molecule is CC(C)N1CCCC1c1cnn(C)c1. The summed E-state index contributed by atoms with van der Waals surface area (Å²) in [7, 11) is 1.98. The van der Waals surface area contributed by atoms with Gasteiger partial charge < -0.3 is 0 Å². The van der Waals surface area contributed by atoms with Gasteiger partial charge in [0.05, 0.1) is 6.20 Å². The van der Waals surface area contributed by atoms with Crippen LogP contribution in [0.3, 0.4) is 0 Å². The van der Waals surface area contributed by atoms with Gasteiger partial charge in [0.2, 0.25) is 0 Å². The van der Waals surface area contributed by atoms with Gasteiger partial charge in [-0.05, 0) is 33.2 Å². The molecule has 0 aliphatic carbocycles. The van der Waals surface area contributed by atoms with Crippen LogP contribution in [0.25, 0.3) is 0 Å². The van der Waals surface area contributed by atoms with Crippen molar-refractivity contribution in [1.82, 2.24) is 14.7 Å². The topological polar surface area (TPSA) is 21.1 Å². The molecule has 1 aliphatic heterocycles. The monoisotopic (exact) mass is 193 g/mol. The van der Waals surface area contributed by atoms with Crippen LogP contribution in [-0.2, 0) is 7.05 Å². The van der Waals surface area contributed by atoms with Crippen LogP contribution in [0.5, 0.6) is 0 Å². The van der Waals surface area contributed by atoms with E-state index < -0.39 is 0 Å². The normalized spacial score (nSPS) is 23.6. The smallest absolute Gasteiger partial charge is 0.0537 e. The largest absolute Gasteiger partial charge is 0.294 e. The summed E-state index contributed by atoms with van der Waals surface area (Å²) in [5, 5.41) is 4.24. The quantitative estimate of drug-likeness (QED) is 0.716. The molecule has 1 saturated heterocycles. The molecule has 1 unspecified atom stereocenters. The molecule has 1 atom stereocenters. The first-order chi connectivity index (χ1) is 6.68. The Balaban J connectivity index is 2.17. The Morgan fingerprint density at radius 3 is 2.86 bits per heavy atom. The molecule has 14 heavy (non-hydrogen) atoms. The molecule has 1 aromatic heterocycles. The molecule has 0 aromatic carbocycles. The van der Waals surface area contributed by atoms with Crippen molar-refractivity contribution in [3.05, 3.63) is 18.0 Å². The maximum atomic E-state index is 4.24. The fourth-order valence-corrected chi connectivity index (χ4v) is 2.38. The lowest BCUT2D eigenvalue weighted by molar-refractivity contribution is 0.205. The van der Waals surface area contributed by atoms with Crippen molar-refractivity contribution >= 4 is 0 Å². The van der Waals surface area contributed by atoms with Crippen LogP contribution in [-0.4, -0.2) is 27.3 Å². The van der Waals surface area contributed by atoms with Crippen LogP contribution < -0.4 is 0 Å². The molecule has 2 rings (SSSR count). The van der Waals surface area contributed by atoms with Crippen LogP contribution >= 0.6 is 0 Å². The predicted octanol–water partition coefficient (Wildman–Crippen LogP) is 1.97. The minimum Gasteiger partial charge on any atom is -0.294 e. The molecule has 0 saturated carbocycles. The van der Waals surface area contributed by atoms with Gasteiger partial charge in [-0.3, -0.25) is 9.58 Å². The Labute approximate surface area is 85.7 Å². The maximum absolute atomic E-state index is 4.24.